The first-order valence-electron chi connectivity index (χ1n) is 6.85. The van der Waals surface area contributed by atoms with E-state index in [4.69, 9.17) is 5.73 Å². The molecule has 0 saturated heterocycles. The number of thiazole rings is 1. The van der Waals surface area contributed by atoms with Gasteiger partial charge in [0.05, 0.1) is 0 Å². The number of aromatic nitrogens is 5. The molecule has 21 heavy (non-hydrogen) atoms. The molecule has 6 nitrogen and oxygen atoms in total. The van der Waals surface area contributed by atoms with Crippen molar-refractivity contribution in [3.63, 3.8) is 0 Å². The molecule has 1 aliphatic carbocycles. The largest absolute Gasteiger partial charge is 0.328 e. The van der Waals surface area contributed by atoms with Crippen molar-refractivity contribution < 1.29 is 0 Å². The topological polar surface area (TPSA) is 82.5 Å². The molecule has 0 unspecified atom stereocenters. The van der Waals surface area contributed by atoms with Gasteiger partial charge in [0.25, 0.3) is 0 Å². The first kappa shape index (κ1) is 12.6. The quantitative estimate of drug-likeness (QED) is 0.799. The van der Waals surface area contributed by atoms with E-state index in [1.807, 2.05) is 28.1 Å². The molecule has 1 saturated carbocycles. The molecule has 4 rings (SSSR count). The minimum absolute atomic E-state index is 0.271. The van der Waals surface area contributed by atoms with Crippen LogP contribution < -0.4 is 5.73 Å². The Morgan fingerprint density at radius 1 is 1.14 bits per heavy atom. The van der Waals surface area contributed by atoms with Crippen molar-refractivity contribution in [2.75, 3.05) is 0 Å². The summed E-state index contributed by atoms with van der Waals surface area (Å²) in [7, 11) is 0. The fourth-order valence-corrected chi connectivity index (χ4v) is 3.23. The number of rotatable bonds is 3. The molecular formula is C14H14N6S. The van der Waals surface area contributed by atoms with E-state index in [1.165, 1.54) is 0 Å². The smallest absolute Gasteiger partial charge is 0.198 e. The SMILES string of the molecule is NC1CC(c2nnc(-c3nccs3)n2-c2ccccn2)C1. The molecule has 0 bridgehead atoms. The second-order valence-electron chi connectivity index (χ2n) is 5.17. The predicted molar refractivity (Wildman–Crippen MR) is 80.2 cm³/mol. The third kappa shape index (κ3) is 2.14. The maximum absolute atomic E-state index is 5.91. The van der Waals surface area contributed by atoms with Gasteiger partial charge in [-0.2, -0.15) is 0 Å². The average Bonchev–Trinajstić information content (AvgIpc) is 3.13. The standard InChI is InChI=1S/C14H14N6S/c15-10-7-9(8-10)12-18-19-13(14-17-5-6-21-14)20(12)11-3-1-2-4-16-11/h1-6,9-10H,7-8,15H2. The van der Waals surface area contributed by atoms with Crippen molar-refractivity contribution in [2.45, 2.75) is 24.8 Å². The zero-order chi connectivity index (χ0) is 14.2. The van der Waals surface area contributed by atoms with Crippen molar-refractivity contribution in [1.82, 2.24) is 24.7 Å². The van der Waals surface area contributed by atoms with Gasteiger partial charge in [-0.1, -0.05) is 6.07 Å². The van der Waals surface area contributed by atoms with Crippen LogP contribution in [-0.4, -0.2) is 30.8 Å². The maximum atomic E-state index is 5.91. The molecule has 106 valence electrons. The minimum atomic E-state index is 0.271. The van der Waals surface area contributed by atoms with Gasteiger partial charge in [-0.3, -0.25) is 4.57 Å². The van der Waals surface area contributed by atoms with Gasteiger partial charge in [-0.25, -0.2) is 9.97 Å². The van der Waals surface area contributed by atoms with E-state index in [1.54, 1.807) is 23.7 Å². The van der Waals surface area contributed by atoms with Gasteiger partial charge in [0.15, 0.2) is 10.8 Å². The monoisotopic (exact) mass is 298 g/mol. The number of pyridine rings is 1. The Kier molecular flexibility index (Phi) is 3.01. The summed E-state index contributed by atoms with van der Waals surface area (Å²) in [6.45, 7) is 0. The molecule has 0 spiro atoms. The molecule has 7 heteroatoms. The van der Waals surface area contributed by atoms with Gasteiger partial charge in [-0.15, -0.1) is 21.5 Å². The van der Waals surface area contributed by atoms with Crippen LogP contribution in [0.15, 0.2) is 36.0 Å². The Labute approximate surface area is 125 Å². The Morgan fingerprint density at radius 2 is 2.05 bits per heavy atom. The second kappa shape index (κ2) is 5.01. The van der Waals surface area contributed by atoms with Crippen LogP contribution in [0.25, 0.3) is 16.6 Å². The summed E-state index contributed by atoms with van der Waals surface area (Å²) in [4.78, 5) is 8.79. The summed E-state index contributed by atoms with van der Waals surface area (Å²) in [5.41, 5.74) is 5.91. The minimum Gasteiger partial charge on any atom is -0.328 e. The summed E-state index contributed by atoms with van der Waals surface area (Å²) >= 11 is 1.55. The lowest BCUT2D eigenvalue weighted by Gasteiger charge is -2.31. The van der Waals surface area contributed by atoms with Crippen LogP contribution in [0.4, 0.5) is 0 Å². The van der Waals surface area contributed by atoms with Gasteiger partial charge in [0, 0.05) is 29.7 Å². The zero-order valence-electron chi connectivity index (χ0n) is 11.3. The Hall–Kier alpha value is -2.12. The van der Waals surface area contributed by atoms with Crippen LogP contribution in [-0.2, 0) is 0 Å². The maximum Gasteiger partial charge on any atom is 0.198 e. The number of nitrogens with two attached hydrogens (primary N) is 1. The summed E-state index contributed by atoms with van der Waals surface area (Å²) in [6, 6.07) is 6.09. The van der Waals surface area contributed by atoms with E-state index in [9.17, 15) is 0 Å². The molecule has 3 aromatic heterocycles. The Morgan fingerprint density at radius 3 is 2.71 bits per heavy atom. The number of nitrogens with zero attached hydrogens (tertiary/aromatic N) is 5. The van der Waals surface area contributed by atoms with E-state index in [2.05, 4.69) is 20.2 Å². The summed E-state index contributed by atoms with van der Waals surface area (Å²) in [5.74, 6) is 2.85. The fraction of sp³-hybridized carbons (Fsp3) is 0.286. The van der Waals surface area contributed by atoms with E-state index in [-0.39, 0.29) is 6.04 Å². The highest BCUT2D eigenvalue weighted by Crippen LogP contribution is 2.37. The summed E-state index contributed by atoms with van der Waals surface area (Å²) in [5, 5.41) is 11.5. The molecule has 3 heterocycles. The predicted octanol–water partition coefficient (Wildman–Crippen LogP) is 1.99. The lowest BCUT2D eigenvalue weighted by Crippen LogP contribution is -2.36. The van der Waals surface area contributed by atoms with Gasteiger partial charge in [-0.05, 0) is 25.0 Å². The van der Waals surface area contributed by atoms with E-state index >= 15 is 0 Å². The van der Waals surface area contributed by atoms with E-state index in [0.29, 0.717) is 5.92 Å². The normalized spacial score (nSPS) is 21.2. The third-order valence-electron chi connectivity index (χ3n) is 3.73. The lowest BCUT2D eigenvalue weighted by molar-refractivity contribution is 0.334. The number of hydrogen-bond donors (Lipinski definition) is 1. The van der Waals surface area contributed by atoms with Crippen LogP contribution in [0, 0.1) is 0 Å². The van der Waals surface area contributed by atoms with Gasteiger partial charge >= 0.3 is 0 Å². The van der Waals surface area contributed by atoms with Crippen molar-refractivity contribution >= 4 is 11.3 Å². The van der Waals surface area contributed by atoms with Crippen molar-refractivity contribution in [3.8, 4) is 16.6 Å². The molecule has 0 aromatic carbocycles. The molecule has 0 amide bonds. The zero-order valence-corrected chi connectivity index (χ0v) is 12.1. The fourth-order valence-electron chi connectivity index (χ4n) is 2.62. The molecule has 1 fully saturated rings. The number of hydrogen-bond acceptors (Lipinski definition) is 6. The Balaban J connectivity index is 1.85. The van der Waals surface area contributed by atoms with E-state index < -0.39 is 0 Å². The van der Waals surface area contributed by atoms with Gasteiger partial charge in [0.2, 0.25) is 0 Å². The first-order valence-corrected chi connectivity index (χ1v) is 7.73. The van der Waals surface area contributed by atoms with Crippen LogP contribution in [0.5, 0.6) is 0 Å². The van der Waals surface area contributed by atoms with Crippen LogP contribution in [0.1, 0.15) is 24.6 Å². The summed E-state index contributed by atoms with van der Waals surface area (Å²) < 4.78 is 2.01. The molecule has 2 N–H and O–H groups in total. The van der Waals surface area contributed by atoms with Crippen molar-refractivity contribution in [3.05, 3.63) is 41.8 Å². The molecule has 1 aliphatic rings. The van der Waals surface area contributed by atoms with Gasteiger partial charge in [0.1, 0.15) is 11.6 Å². The molecule has 0 radical (unpaired) electrons. The van der Waals surface area contributed by atoms with Crippen molar-refractivity contribution in [2.24, 2.45) is 5.73 Å². The highest BCUT2D eigenvalue weighted by atomic mass is 32.1. The molecule has 0 atom stereocenters. The highest BCUT2D eigenvalue weighted by Gasteiger charge is 2.33. The second-order valence-corrected chi connectivity index (χ2v) is 6.07. The van der Waals surface area contributed by atoms with Crippen molar-refractivity contribution in [1.29, 1.82) is 0 Å². The average molecular weight is 298 g/mol. The van der Waals surface area contributed by atoms with Crippen LogP contribution in [0.2, 0.25) is 0 Å². The molecule has 3 aromatic rings. The molecular weight excluding hydrogens is 284 g/mol. The lowest BCUT2D eigenvalue weighted by atomic mass is 9.80. The first-order chi connectivity index (χ1) is 10.3. The van der Waals surface area contributed by atoms with Crippen LogP contribution in [0.3, 0.4) is 0 Å². The summed E-state index contributed by atoms with van der Waals surface area (Å²) in [6.07, 6.45) is 5.44. The molecule has 0 aliphatic heterocycles. The highest BCUT2D eigenvalue weighted by molar-refractivity contribution is 7.13. The van der Waals surface area contributed by atoms with Crippen LogP contribution >= 0.6 is 11.3 Å². The van der Waals surface area contributed by atoms with E-state index in [0.717, 1.165) is 35.3 Å². The van der Waals surface area contributed by atoms with Gasteiger partial charge < -0.3 is 5.73 Å². The Bertz CT molecular complexity index is 730. The third-order valence-corrected chi connectivity index (χ3v) is 4.50.